The minimum atomic E-state index is -1.29. The molecule has 1 aliphatic rings. The zero-order chi connectivity index (χ0) is 20.1. The fourth-order valence-electron chi connectivity index (χ4n) is 4.10. The van der Waals surface area contributed by atoms with Gasteiger partial charge in [-0.15, -0.1) is 0 Å². The van der Waals surface area contributed by atoms with Gasteiger partial charge in [0.05, 0.1) is 0 Å². The number of H-pyrrole nitrogens is 1. The van der Waals surface area contributed by atoms with Crippen molar-refractivity contribution in [2.75, 3.05) is 6.54 Å². The van der Waals surface area contributed by atoms with Crippen molar-refractivity contribution in [1.82, 2.24) is 10.3 Å². The van der Waals surface area contributed by atoms with E-state index < -0.39 is 6.16 Å². The SMILES string of the molecule is O=C(O)Oc1ccc2[nH]cc(CCCCC3CC(c4ccccc4)=CCN3)c2c1. The maximum absolute atomic E-state index is 10.8. The molecule has 1 atom stereocenters. The Morgan fingerprint density at radius 2 is 2.00 bits per heavy atom. The number of aromatic nitrogens is 1. The molecule has 0 spiro atoms. The fourth-order valence-corrected chi connectivity index (χ4v) is 4.10. The van der Waals surface area contributed by atoms with Crippen LogP contribution in [0.3, 0.4) is 0 Å². The summed E-state index contributed by atoms with van der Waals surface area (Å²) in [6.07, 6.45) is 8.47. The second kappa shape index (κ2) is 8.97. The van der Waals surface area contributed by atoms with Crippen LogP contribution in [0.25, 0.3) is 16.5 Å². The van der Waals surface area contributed by atoms with Crippen LogP contribution in [0.5, 0.6) is 5.75 Å². The van der Waals surface area contributed by atoms with E-state index in [0.717, 1.165) is 49.6 Å². The number of carboxylic acid groups (broad SMARTS) is 1. The van der Waals surface area contributed by atoms with Crippen molar-refractivity contribution in [2.45, 2.75) is 38.1 Å². The Hall–Kier alpha value is -3.05. The van der Waals surface area contributed by atoms with Crippen molar-refractivity contribution in [2.24, 2.45) is 0 Å². The van der Waals surface area contributed by atoms with Crippen molar-refractivity contribution >= 4 is 22.6 Å². The van der Waals surface area contributed by atoms with Crippen LogP contribution in [0.15, 0.2) is 60.8 Å². The lowest BCUT2D eigenvalue weighted by molar-refractivity contribution is 0.144. The quantitative estimate of drug-likeness (QED) is 0.287. The number of fused-ring (bicyclic) bond motifs is 1. The molecule has 0 saturated heterocycles. The average Bonchev–Trinajstić information content (AvgIpc) is 3.14. The standard InChI is InChI=1S/C24H26N2O3/c27-24(28)29-21-10-11-23-22(15-21)19(16-26-23)8-4-5-9-20-14-18(12-13-25-20)17-6-2-1-3-7-17/h1-3,6-7,10-12,15-16,20,25-26H,4-5,8-9,13-14H2,(H,27,28). The summed E-state index contributed by atoms with van der Waals surface area (Å²) in [5.74, 6) is 0.359. The van der Waals surface area contributed by atoms with E-state index in [2.05, 4.69) is 46.7 Å². The van der Waals surface area contributed by atoms with Crippen LogP contribution >= 0.6 is 0 Å². The highest BCUT2D eigenvalue weighted by atomic mass is 16.7. The average molecular weight is 390 g/mol. The van der Waals surface area contributed by atoms with Crippen LogP contribution in [0, 0.1) is 0 Å². The molecular weight excluding hydrogens is 364 g/mol. The minimum Gasteiger partial charge on any atom is -0.449 e. The molecule has 3 aromatic rings. The monoisotopic (exact) mass is 390 g/mol. The van der Waals surface area contributed by atoms with E-state index in [4.69, 9.17) is 9.84 Å². The van der Waals surface area contributed by atoms with Gasteiger partial charge in [0.15, 0.2) is 0 Å². The topological polar surface area (TPSA) is 74.3 Å². The number of aromatic amines is 1. The van der Waals surface area contributed by atoms with Gasteiger partial charge >= 0.3 is 6.16 Å². The smallest absolute Gasteiger partial charge is 0.449 e. The van der Waals surface area contributed by atoms with Crippen LogP contribution in [-0.4, -0.2) is 28.8 Å². The number of benzene rings is 2. The van der Waals surface area contributed by atoms with Gasteiger partial charge in [0.1, 0.15) is 5.75 Å². The first-order valence-corrected chi connectivity index (χ1v) is 10.2. The van der Waals surface area contributed by atoms with Crippen molar-refractivity contribution < 1.29 is 14.6 Å². The third-order valence-corrected chi connectivity index (χ3v) is 5.56. The van der Waals surface area contributed by atoms with Gasteiger partial charge in [0.25, 0.3) is 0 Å². The van der Waals surface area contributed by atoms with Crippen molar-refractivity contribution in [1.29, 1.82) is 0 Å². The Balaban J connectivity index is 1.29. The van der Waals surface area contributed by atoms with Crippen LogP contribution in [-0.2, 0) is 6.42 Å². The third-order valence-electron chi connectivity index (χ3n) is 5.56. The maximum atomic E-state index is 10.8. The predicted octanol–water partition coefficient (Wildman–Crippen LogP) is 5.38. The molecule has 150 valence electrons. The molecule has 0 bridgehead atoms. The maximum Gasteiger partial charge on any atom is 0.511 e. The Kier molecular flexibility index (Phi) is 5.96. The van der Waals surface area contributed by atoms with Gasteiger partial charge in [0.2, 0.25) is 0 Å². The highest BCUT2D eigenvalue weighted by molar-refractivity contribution is 5.85. The number of unbranched alkanes of at least 4 members (excludes halogenated alkanes) is 1. The molecule has 2 aromatic carbocycles. The number of carbonyl (C=O) groups is 1. The Morgan fingerprint density at radius 1 is 1.14 bits per heavy atom. The van der Waals surface area contributed by atoms with E-state index in [-0.39, 0.29) is 0 Å². The van der Waals surface area contributed by atoms with E-state index in [1.807, 2.05) is 12.3 Å². The normalized spacial score (nSPS) is 16.6. The highest BCUT2D eigenvalue weighted by Crippen LogP contribution is 2.27. The summed E-state index contributed by atoms with van der Waals surface area (Å²) < 4.78 is 4.79. The zero-order valence-electron chi connectivity index (χ0n) is 16.4. The Bertz CT molecular complexity index is 1010. The van der Waals surface area contributed by atoms with E-state index in [0.29, 0.717) is 11.8 Å². The van der Waals surface area contributed by atoms with E-state index >= 15 is 0 Å². The van der Waals surface area contributed by atoms with Gasteiger partial charge < -0.3 is 20.1 Å². The summed E-state index contributed by atoms with van der Waals surface area (Å²) in [6, 6.07) is 16.5. The highest BCUT2D eigenvalue weighted by Gasteiger charge is 2.15. The first-order chi connectivity index (χ1) is 14.2. The molecule has 5 nitrogen and oxygen atoms in total. The molecule has 0 saturated carbocycles. The lowest BCUT2D eigenvalue weighted by Crippen LogP contribution is -2.32. The summed E-state index contributed by atoms with van der Waals surface area (Å²) in [7, 11) is 0. The fraction of sp³-hybridized carbons (Fsp3) is 0.292. The second-order valence-corrected chi connectivity index (χ2v) is 7.54. The van der Waals surface area contributed by atoms with Crippen LogP contribution in [0.2, 0.25) is 0 Å². The Labute approximate surface area is 170 Å². The summed E-state index contributed by atoms with van der Waals surface area (Å²) in [6.45, 7) is 0.934. The van der Waals surface area contributed by atoms with Gasteiger partial charge in [-0.2, -0.15) is 0 Å². The summed E-state index contributed by atoms with van der Waals surface area (Å²) in [5.41, 5.74) is 4.98. The first kappa shape index (κ1) is 19.3. The zero-order valence-corrected chi connectivity index (χ0v) is 16.4. The van der Waals surface area contributed by atoms with Gasteiger partial charge in [-0.05, 0) is 60.6 Å². The molecule has 0 aliphatic carbocycles. The summed E-state index contributed by atoms with van der Waals surface area (Å²) in [5, 5.41) is 13.5. The van der Waals surface area contributed by atoms with Crippen LogP contribution in [0.1, 0.15) is 36.8 Å². The van der Waals surface area contributed by atoms with E-state index in [1.54, 1.807) is 12.1 Å². The molecule has 3 N–H and O–H groups in total. The van der Waals surface area contributed by atoms with Gasteiger partial charge in [0, 0.05) is 29.7 Å². The summed E-state index contributed by atoms with van der Waals surface area (Å²) in [4.78, 5) is 14.0. The molecule has 0 amide bonds. The van der Waals surface area contributed by atoms with Crippen molar-refractivity contribution in [3.05, 3.63) is 71.9 Å². The molecular formula is C24H26N2O3. The van der Waals surface area contributed by atoms with Crippen molar-refractivity contribution in [3.63, 3.8) is 0 Å². The molecule has 29 heavy (non-hydrogen) atoms. The minimum absolute atomic E-state index is 0.359. The molecule has 0 radical (unpaired) electrons. The number of rotatable bonds is 7. The molecule has 4 rings (SSSR count). The number of hydrogen-bond donors (Lipinski definition) is 3. The lowest BCUT2D eigenvalue weighted by Gasteiger charge is -2.24. The number of aryl methyl sites for hydroxylation is 1. The molecule has 1 aliphatic heterocycles. The summed E-state index contributed by atoms with van der Waals surface area (Å²) >= 11 is 0. The number of nitrogens with one attached hydrogen (secondary N) is 2. The molecule has 5 heteroatoms. The van der Waals surface area contributed by atoms with Gasteiger partial charge in [-0.1, -0.05) is 42.8 Å². The first-order valence-electron chi connectivity index (χ1n) is 10.2. The number of hydrogen-bond acceptors (Lipinski definition) is 3. The largest absolute Gasteiger partial charge is 0.511 e. The predicted molar refractivity (Wildman–Crippen MR) is 115 cm³/mol. The van der Waals surface area contributed by atoms with Crippen molar-refractivity contribution in [3.8, 4) is 5.75 Å². The van der Waals surface area contributed by atoms with E-state index in [9.17, 15) is 4.79 Å². The van der Waals surface area contributed by atoms with Crippen LogP contribution in [0.4, 0.5) is 4.79 Å². The third kappa shape index (κ3) is 4.87. The molecule has 2 heterocycles. The molecule has 0 fully saturated rings. The second-order valence-electron chi connectivity index (χ2n) is 7.54. The Morgan fingerprint density at radius 3 is 2.83 bits per heavy atom. The van der Waals surface area contributed by atoms with Crippen LogP contribution < -0.4 is 10.1 Å². The molecule has 1 unspecified atom stereocenters. The number of ether oxygens (including phenoxy) is 1. The van der Waals surface area contributed by atoms with E-state index in [1.165, 1.54) is 16.7 Å². The van der Waals surface area contributed by atoms with Gasteiger partial charge in [-0.25, -0.2) is 4.79 Å². The lowest BCUT2D eigenvalue weighted by atomic mass is 9.92. The molecule has 1 aromatic heterocycles. The van der Waals surface area contributed by atoms with Gasteiger partial charge in [-0.3, -0.25) is 0 Å².